The van der Waals surface area contributed by atoms with Crippen LogP contribution in [-0.4, -0.2) is 97.9 Å². The normalized spacial score (nSPS) is 12.4. The van der Waals surface area contributed by atoms with E-state index in [4.69, 9.17) is 60.7 Å². The zero-order chi connectivity index (χ0) is 97.1. The second kappa shape index (κ2) is 56.6. The number of unbranched alkanes of at least 4 members (excludes halogenated alkanes) is 11. The van der Waals surface area contributed by atoms with Crippen molar-refractivity contribution >= 4 is 29.5 Å². The molecule has 0 aliphatic carbocycles. The Morgan fingerprint density at radius 1 is 0.287 bits per heavy atom. The fraction of sp³-hybridized carbons (Fsp3) is 0.436. The lowest BCUT2D eigenvalue weighted by atomic mass is 9.92. The minimum Gasteiger partial charge on any atom is -0.507 e. The van der Waals surface area contributed by atoms with Crippen LogP contribution in [0.1, 0.15) is 297 Å². The molecule has 9 aromatic carbocycles. The summed E-state index contributed by atoms with van der Waals surface area (Å²) in [5.74, 6) is 7.18. The van der Waals surface area contributed by atoms with Gasteiger partial charge in [0.05, 0.1) is 58.2 Å². The van der Waals surface area contributed by atoms with Gasteiger partial charge in [-0.3, -0.25) is 0 Å². The fourth-order valence-corrected chi connectivity index (χ4v) is 16.8. The molecule has 12 aromatic rings. The molecule has 0 fully saturated rings. The lowest BCUT2D eigenvalue weighted by Gasteiger charge is -2.19. The number of hydrogen-bond donors (Lipinski definition) is 3. The van der Waals surface area contributed by atoms with Gasteiger partial charge in [0, 0.05) is 33.4 Å². The van der Waals surface area contributed by atoms with E-state index in [2.05, 4.69) is 79.2 Å². The molecule has 3 N–H and O–H groups in total. The zero-order valence-corrected chi connectivity index (χ0v) is 83.6. The first-order valence-electron chi connectivity index (χ1n) is 50.2. The van der Waals surface area contributed by atoms with Crippen LogP contribution in [0, 0.1) is 62.2 Å². The number of nitrogens with zero attached hydrogens (tertiary/aromatic N) is 9. The van der Waals surface area contributed by atoms with Gasteiger partial charge >= 0.3 is 17.9 Å². The minimum absolute atomic E-state index is 0.0870. The molecule has 136 heavy (non-hydrogen) atoms. The topological polar surface area (TPSA) is 256 Å². The van der Waals surface area contributed by atoms with Crippen LogP contribution in [0.4, 0.5) is 0 Å². The first-order chi connectivity index (χ1) is 65.8. The highest BCUT2D eigenvalue weighted by Crippen LogP contribution is 2.37. The standard InChI is InChI=1S/C41H53N3O3.C39H49N3O3.C37H44ClN3O3/c1-6-29(3)15-10-8-11-17-32(18-14-16-30(4)7-2)28-47-41(46)35-24-22-34(23-25-35)39-42-38(33-19-12-9-13-20-33)43-40(44-39)36-26-21-31(5)27-37(36)45;1-4-6-8-10-11-14-18-30(17-13-9-7-5-2)28-45-39(44)33-24-22-32(23-25-33)37-40-36(31-19-15-12-16-20-31)41-38(42-37)34-26-21-29(3)27-35(34)43;1-24(2)11-9-10-12-27(17-15-25(3)4)23-44-37(43)30-20-18-29(22-32(30)38)35-39-34(28-13-7-6-8-14-28)40-36(41-35)31-19-16-26(5)21-33(31)42/h9,12-13,19-27,29-30,32,45H,6-8,10-11,14-18,28H2,1-5H3;12,15-16,19-27,30,43H,4-11,13-14,17-18,28H2,1-3H3;6-8,13-14,16,18-22,24-25,27,42H,9-12,15,17,23H2,1-5H3. The molecule has 0 saturated carbocycles. The third-order valence-corrected chi connectivity index (χ3v) is 25.8. The molecule has 18 nitrogen and oxygen atoms in total. The Bertz CT molecular complexity index is 5650. The van der Waals surface area contributed by atoms with E-state index in [0.717, 1.165) is 108 Å². The number of esters is 3. The van der Waals surface area contributed by atoms with Crippen LogP contribution in [0.2, 0.25) is 5.02 Å². The van der Waals surface area contributed by atoms with Crippen LogP contribution in [0.5, 0.6) is 17.2 Å². The summed E-state index contributed by atoms with van der Waals surface area (Å²) in [4.78, 5) is 81.8. The van der Waals surface area contributed by atoms with Gasteiger partial charge in [-0.15, -0.1) is 0 Å². The Balaban J connectivity index is 0.000000211. The molecule has 0 bridgehead atoms. The Kier molecular flexibility index (Phi) is 44.2. The molecule has 0 aliphatic heterocycles. The quantitative estimate of drug-likeness (QED) is 0.0182. The van der Waals surface area contributed by atoms with Gasteiger partial charge in [0.2, 0.25) is 0 Å². The van der Waals surface area contributed by atoms with Crippen molar-refractivity contribution < 1.29 is 43.9 Å². The number of phenols is 3. The van der Waals surface area contributed by atoms with Crippen molar-refractivity contribution in [2.45, 2.75) is 270 Å². The van der Waals surface area contributed by atoms with Crippen LogP contribution in [0.25, 0.3) is 102 Å². The molecule has 5 unspecified atom stereocenters. The van der Waals surface area contributed by atoms with E-state index < -0.39 is 5.97 Å². The van der Waals surface area contributed by atoms with E-state index >= 15 is 0 Å². The second-order valence-electron chi connectivity index (χ2n) is 38.0. The van der Waals surface area contributed by atoms with Gasteiger partial charge in [0.25, 0.3) is 0 Å². The van der Waals surface area contributed by atoms with Crippen molar-refractivity contribution in [3.8, 4) is 120 Å². The van der Waals surface area contributed by atoms with Crippen molar-refractivity contribution in [3.63, 3.8) is 0 Å². The summed E-state index contributed by atoms with van der Waals surface area (Å²) >= 11 is 6.67. The summed E-state index contributed by atoms with van der Waals surface area (Å²) in [6.45, 7) is 29.7. The van der Waals surface area contributed by atoms with Gasteiger partial charge in [-0.25, -0.2) is 59.2 Å². The second-order valence-corrected chi connectivity index (χ2v) is 38.4. The maximum absolute atomic E-state index is 13.2. The number of halogens is 1. The van der Waals surface area contributed by atoms with Crippen LogP contribution >= 0.6 is 11.6 Å². The summed E-state index contributed by atoms with van der Waals surface area (Å²) in [6.07, 6.45) is 33.7. The van der Waals surface area contributed by atoms with Crippen LogP contribution in [0.3, 0.4) is 0 Å². The summed E-state index contributed by atoms with van der Waals surface area (Å²) in [5.41, 5.74) is 10.3. The molecule has 0 spiro atoms. The molecule has 3 aromatic heterocycles. The Morgan fingerprint density at radius 3 is 0.934 bits per heavy atom. The molecule has 3 heterocycles. The van der Waals surface area contributed by atoms with Gasteiger partial charge in [0.15, 0.2) is 52.4 Å². The average Bonchev–Trinajstić information content (AvgIpc) is 0.807. The summed E-state index contributed by atoms with van der Waals surface area (Å²) in [7, 11) is 0. The number of aryl methyl sites for hydroxylation is 3. The molecule has 5 atom stereocenters. The van der Waals surface area contributed by atoms with Gasteiger partial charge in [0.1, 0.15) is 17.2 Å². The van der Waals surface area contributed by atoms with Crippen LogP contribution in [0.15, 0.2) is 212 Å². The van der Waals surface area contributed by atoms with E-state index in [1.165, 1.54) is 128 Å². The number of rotatable bonds is 50. The minimum atomic E-state index is -0.427. The van der Waals surface area contributed by atoms with E-state index in [-0.39, 0.29) is 34.2 Å². The highest BCUT2D eigenvalue weighted by Gasteiger charge is 2.25. The molecule has 12 rings (SSSR count). The number of phenolic OH excluding ortho intramolecular Hbond substituents is 3. The molecular formula is C117H146ClN9O9. The predicted octanol–water partition coefficient (Wildman–Crippen LogP) is 31.2. The molecule has 720 valence electrons. The predicted molar refractivity (Wildman–Crippen MR) is 554 cm³/mol. The maximum Gasteiger partial charge on any atom is 0.339 e. The molecule has 19 heteroatoms. The number of aromatic hydroxyl groups is 3. The molecule has 0 saturated heterocycles. The van der Waals surface area contributed by atoms with Crippen LogP contribution < -0.4 is 0 Å². The van der Waals surface area contributed by atoms with Gasteiger partial charge in [-0.05, 0) is 190 Å². The highest BCUT2D eigenvalue weighted by molar-refractivity contribution is 6.33. The summed E-state index contributed by atoms with van der Waals surface area (Å²) in [6, 6.07) is 64.9. The largest absolute Gasteiger partial charge is 0.507 e. The van der Waals surface area contributed by atoms with Crippen molar-refractivity contribution in [1.82, 2.24) is 44.9 Å². The number of carbonyl (C=O) groups excluding carboxylic acids is 3. The first kappa shape index (κ1) is 106. The number of ether oxygens (including phenoxy) is 3. The van der Waals surface area contributed by atoms with Crippen molar-refractivity contribution in [1.29, 1.82) is 0 Å². The van der Waals surface area contributed by atoms with E-state index in [1.54, 1.807) is 66.7 Å². The molecule has 0 amide bonds. The number of aromatic nitrogens is 9. The Hall–Kier alpha value is -11.9. The van der Waals surface area contributed by atoms with Gasteiger partial charge in [-0.1, -0.05) is 362 Å². The summed E-state index contributed by atoms with van der Waals surface area (Å²) < 4.78 is 17.6. The van der Waals surface area contributed by atoms with Gasteiger partial charge in [-0.2, -0.15) is 0 Å². The van der Waals surface area contributed by atoms with Gasteiger partial charge < -0.3 is 29.5 Å². The number of benzene rings is 9. The SMILES string of the molecule is CCC(C)CCCCCC(CCCC(C)CC)COC(=O)c1ccc(-c2nc(-c3ccccc3)nc(-c3ccc(C)cc3O)n2)cc1.CCCCCCCCC(CCCCCC)COC(=O)c1ccc(-c2nc(-c3ccccc3)nc(-c3ccc(C)cc3O)n2)cc1.Cc1ccc(-c2nc(-c3ccccc3)nc(-c3ccc(C(=O)OCC(CCCCC(C)C)CCC(C)C)c(Cl)c3)n2)c(O)c1. The van der Waals surface area contributed by atoms with E-state index in [9.17, 15) is 29.7 Å². The van der Waals surface area contributed by atoms with Crippen molar-refractivity contribution in [2.75, 3.05) is 19.8 Å². The molecule has 0 aliphatic rings. The highest BCUT2D eigenvalue weighted by atomic mass is 35.5. The molecular weight excluding hydrogens is 1710 g/mol. The number of hydrogen-bond acceptors (Lipinski definition) is 18. The smallest absolute Gasteiger partial charge is 0.339 e. The Morgan fingerprint density at radius 2 is 0.574 bits per heavy atom. The van der Waals surface area contributed by atoms with Crippen molar-refractivity contribution in [3.05, 3.63) is 251 Å². The lowest BCUT2D eigenvalue weighted by Crippen LogP contribution is -2.16. The average molecular weight is 1860 g/mol. The number of carbonyl (C=O) groups is 3. The van der Waals surface area contributed by atoms with E-state index in [1.807, 2.05) is 166 Å². The molecule has 0 radical (unpaired) electrons. The third kappa shape index (κ3) is 34.7. The Labute approximate surface area is 814 Å². The summed E-state index contributed by atoms with van der Waals surface area (Å²) in [5, 5.41) is 32.3. The van der Waals surface area contributed by atoms with Crippen molar-refractivity contribution in [2.24, 2.45) is 41.4 Å². The lowest BCUT2D eigenvalue weighted by molar-refractivity contribution is 0.0412. The monoisotopic (exact) mass is 1860 g/mol. The van der Waals surface area contributed by atoms with Crippen LogP contribution in [-0.2, 0) is 14.2 Å². The third-order valence-electron chi connectivity index (χ3n) is 25.5. The van der Waals surface area contributed by atoms with E-state index in [0.29, 0.717) is 141 Å². The first-order valence-corrected chi connectivity index (χ1v) is 50.6. The zero-order valence-electron chi connectivity index (χ0n) is 82.9. The maximum atomic E-state index is 13.2. The fourth-order valence-electron chi connectivity index (χ4n) is 16.5.